The molecule has 0 amide bonds. The Kier molecular flexibility index (Phi) is 6.40. The normalized spacial score (nSPS) is 14.7. The molecule has 0 spiro atoms. The summed E-state index contributed by atoms with van der Waals surface area (Å²) in [6.45, 7) is 8.84. The van der Waals surface area contributed by atoms with Crippen molar-refractivity contribution in [2.75, 3.05) is 0 Å². The number of ether oxygens (including phenoxy) is 2. The van der Waals surface area contributed by atoms with E-state index >= 15 is 0 Å². The van der Waals surface area contributed by atoms with Crippen LogP contribution in [0.3, 0.4) is 0 Å². The van der Waals surface area contributed by atoms with Gasteiger partial charge in [-0.25, -0.2) is 9.59 Å². The van der Waals surface area contributed by atoms with Crippen molar-refractivity contribution in [3.63, 3.8) is 0 Å². The van der Waals surface area contributed by atoms with Crippen LogP contribution in [0.2, 0.25) is 0 Å². The summed E-state index contributed by atoms with van der Waals surface area (Å²) in [5.41, 5.74) is -2.02. The largest absolute Gasteiger partial charge is 0.391 e. The first kappa shape index (κ1) is 20.2. The minimum atomic E-state index is -2.34. The van der Waals surface area contributed by atoms with Gasteiger partial charge in [-0.3, -0.25) is 9.59 Å². The highest BCUT2D eigenvalue weighted by atomic mass is 16.6. The fourth-order valence-corrected chi connectivity index (χ4v) is 0.867. The summed E-state index contributed by atoms with van der Waals surface area (Å²) in [5.74, 6) is -4.90. The third-order valence-electron chi connectivity index (χ3n) is 2.39. The summed E-state index contributed by atoms with van der Waals surface area (Å²) < 4.78 is 8.68. The number of rotatable bonds is 3. The van der Waals surface area contributed by atoms with Crippen molar-refractivity contribution >= 4 is 23.9 Å². The molecule has 0 heterocycles. The van der Waals surface area contributed by atoms with Gasteiger partial charge < -0.3 is 19.7 Å². The molecule has 0 radical (unpaired) electrons. The number of aliphatic hydroxyl groups excluding tert-OH is 2. The molecular formula is C14H22O8. The highest BCUT2D eigenvalue weighted by Gasteiger charge is 2.38. The predicted octanol–water partition coefficient (Wildman–Crippen LogP) is -0.0600. The predicted molar refractivity (Wildman–Crippen MR) is 73.1 cm³/mol. The second kappa shape index (κ2) is 6.97. The van der Waals surface area contributed by atoms with Crippen LogP contribution in [0.15, 0.2) is 0 Å². The van der Waals surface area contributed by atoms with Crippen LogP contribution in [0.25, 0.3) is 0 Å². The lowest BCUT2D eigenvalue weighted by Crippen LogP contribution is -2.44. The second-order valence-corrected chi connectivity index (χ2v) is 6.81. The number of esters is 4. The topological polar surface area (TPSA) is 127 Å². The zero-order valence-electron chi connectivity index (χ0n) is 13.5. The smallest absolute Gasteiger partial charge is 0.346 e. The Bertz CT molecular complexity index is 422. The van der Waals surface area contributed by atoms with E-state index in [0.29, 0.717) is 0 Å². The van der Waals surface area contributed by atoms with Gasteiger partial charge in [0.15, 0.2) is 12.2 Å². The molecule has 126 valence electrons. The van der Waals surface area contributed by atoms with Gasteiger partial charge in [0.2, 0.25) is 0 Å². The van der Waals surface area contributed by atoms with Crippen molar-refractivity contribution in [1.29, 1.82) is 0 Å². The number of aliphatic hydroxyl groups is 2. The van der Waals surface area contributed by atoms with Gasteiger partial charge in [-0.15, -0.1) is 0 Å². The van der Waals surface area contributed by atoms with Crippen LogP contribution in [-0.2, 0) is 28.7 Å². The van der Waals surface area contributed by atoms with E-state index in [1.807, 2.05) is 0 Å². The van der Waals surface area contributed by atoms with E-state index in [9.17, 15) is 29.4 Å². The third-order valence-corrected chi connectivity index (χ3v) is 2.39. The lowest BCUT2D eigenvalue weighted by atomic mass is 9.97. The van der Waals surface area contributed by atoms with Gasteiger partial charge in [0, 0.05) is 0 Å². The molecule has 2 N–H and O–H groups in total. The van der Waals surface area contributed by atoms with E-state index in [-0.39, 0.29) is 0 Å². The van der Waals surface area contributed by atoms with Gasteiger partial charge in [0.25, 0.3) is 0 Å². The highest BCUT2D eigenvalue weighted by Crippen LogP contribution is 2.17. The maximum atomic E-state index is 11.5. The molecule has 0 aromatic rings. The molecule has 2 atom stereocenters. The van der Waals surface area contributed by atoms with Crippen LogP contribution in [0, 0.1) is 10.8 Å². The average molecular weight is 318 g/mol. The van der Waals surface area contributed by atoms with E-state index < -0.39 is 46.9 Å². The van der Waals surface area contributed by atoms with Gasteiger partial charge >= 0.3 is 23.9 Å². The Morgan fingerprint density at radius 2 is 0.909 bits per heavy atom. The van der Waals surface area contributed by atoms with E-state index in [0.717, 1.165) is 0 Å². The SMILES string of the molecule is CC(C)(C)C(=O)OC(=O)[C@@H](O)[C@H](O)C(=O)OC(=O)C(C)(C)C. The van der Waals surface area contributed by atoms with E-state index in [1.54, 1.807) is 0 Å². The molecule has 0 aliphatic heterocycles. The second-order valence-electron chi connectivity index (χ2n) is 6.81. The van der Waals surface area contributed by atoms with Gasteiger partial charge in [-0.05, 0) is 41.5 Å². The molecule has 0 aliphatic carbocycles. The number of hydrogen-bond acceptors (Lipinski definition) is 8. The van der Waals surface area contributed by atoms with Crippen molar-refractivity contribution in [2.45, 2.75) is 53.8 Å². The number of hydrogen-bond donors (Lipinski definition) is 2. The Balaban J connectivity index is 4.75. The first-order valence-corrected chi connectivity index (χ1v) is 6.56. The molecule has 22 heavy (non-hydrogen) atoms. The van der Waals surface area contributed by atoms with E-state index in [1.165, 1.54) is 41.5 Å². The van der Waals surface area contributed by atoms with Crippen LogP contribution >= 0.6 is 0 Å². The third kappa shape index (κ3) is 5.90. The zero-order chi connectivity index (χ0) is 17.9. The summed E-state index contributed by atoms with van der Waals surface area (Å²) in [6.07, 6.45) is -4.68. The van der Waals surface area contributed by atoms with E-state index in [2.05, 4.69) is 9.47 Å². The monoisotopic (exact) mass is 318 g/mol. The first-order chi connectivity index (χ1) is 9.67. The molecule has 0 aromatic carbocycles. The molecule has 0 rings (SSSR count). The standard InChI is InChI=1S/C14H22O8/c1-13(2,3)11(19)21-9(17)7(15)8(16)10(18)22-12(20)14(4,5)6/h7-8,15-16H,1-6H3/t7-,8-/m0/s1. The van der Waals surface area contributed by atoms with Crippen LogP contribution in [0.1, 0.15) is 41.5 Å². The fourth-order valence-electron chi connectivity index (χ4n) is 0.867. The van der Waals surface area contributed by atoms with Gasteiger partial charge in [0.05, 0.1) is 10.8 Å². The number of carbonyl (C=O) groups is 4. The molecule has 0 bridgehead atoms. The minimum absolute atomic E-state index is 0.942. The molecule has 0 unspecified atom stereocenters. The summed E-state index contributed by atoms with van der Waals surface area (Å²) in [6, 6.07) is 0. The van der Waals surface area contributed by atoms with Crippen LogP contribution < -0.4 is 0 Å². The average Bonchev–Trinajstić information content (AvgIpc) is 2.34. The molecular weight excluding hydrogens is 296 g/mol. The van der Waals surface area contributed by atoms with Crippen molar-refractivity contribution in [1.82, 2.24) is 0 Å². The van der Waals surface area contributed by atoms with Crippen molar-refractivity contribution < 1.29 is 38.9 Å². The van der Waals surface area contributed by atoms with Gasteiger partial charge in [-0.2, -0.15) is 0 Å². The summed E-state index contributed by atoms with van der Waals surface area (Å²) in [5, 5.41) is 19.0. The number of carbonyl (C=O) groups excluding carboxylic acids is 4. The Hall–Kier alpha value is -1.80. The molecule has 8 heteroatoms. The Morgan fingerprint density at radius 1 is 0.682 bits per heavy atom. The zero-order valence-corrected chi connectivity index (χ0v) is 13.5. The quantitative estimate of drug-likeness (QED) is 0.547. The van der Waals surface area contributed by atoms with Crippen molar-refractivity contribution in [2.24, 2.45) is 10.8 Å². The lowest BCUT2D eigenvalue weighted by molar-refractivity contribution is -0.184. The Labute approximate surface area is 128 Å². The summed E-state index contributed by atoms with van der Waals surface area (Å²) in [7, 11) is 0. The minimum Gasteiger partial charge on any atom is -0.391 e. The molecule has 8 nitrogen and oxygen atoms in total. The molecule has 0 saturated heterocycles. The van der Waals surface area contributed by atoms with Crippen LogP contribution in [0.5, 0.6) is 0 Å². The Morgan fingerprint density at radius 3 is 1.09 bits per heavy atom. The van der Waals surface area contributed by atoms with Crippen molar-refractivity contribution in [3.8, 4) is 0 Å². The van der Waals surface area contributed by atoms with Crippen LogP contribution in [0.4, 0.5) is 0 Å². The van der Waals surface area contributed by atoms with Gasteiger partial charge in [-0.1, -0.05) is 0 Å². The summed E-state index contributed by atoms with van der Waals surface area (Å²) >= 11 is 0. The van der Waals surface area contributed by atoms with Gasteiger partial charge in [0.1, 0.15) is 0 Å². The first-order valence-electron chi connectivity index (χ1n) is 6.56. The molecule has 0 aromatic heterocycles. The maximum Gasteiger partial charge on any atom is 0.346 e. The lowest BCUT2D eigenvalue weighted by Gasteiger charge is -2.20. The molecule has 0 fully saturated rings. The fraction of sp³-hybridized carbons (Fsp3) is 0.714. The summed E-state index contributed by atoms with van der Waals surface area (Å²) in [4.78, 5) is 45.9. The van der Waals surface area contributed by atoms with E-state index in [4.69, 9.17) is 0 Å². The van der Waals surface area contributed by atoms with Crippen molar-refractivity contribution in [3.05, 3.63) is 0 Å². The molecule has 0 aliphatic rings. The maximum absolute atomic E-state index is 11.5. The highest BCUT2D eigenvalue weighted by molar-refractivity contribution is 5.96. The molecule has 0 saturated carbocycles. The van der Waals surface area contributed by atoms with Crippen LogP contribution in [-0.4, -0.2) is 46.3 Å².